The van der Waals surface area contributed by atoms with Crippen LogP contribution in [0.25, 0.3) is 0 Å². The fourth-order valence-corrected chi connectivity index (χ4v) is 1.55. The van der Waals surface area contributed by atoms with E-state index < -0.39 is 0 Å². The van der Waals surface area contributed by atoms with Gasteiger partial charge >= 0.3 is 0 Å². The summed E-state index contributed by atoms with van der Waals surface area (Å²) in [6.07, 6.45) is 1.12. The van der Waals surface area contributed by atoms with Crippen LogP contribution in [0, 0.1) is 0 Å². The summed E-state index contributed by atoms with van der Waals surface area (Å²) in [5.41, 5.74) is 1.16. The molecule has 0 atom stereocenters. The third kappa shape index (κ3) is 5.68. The van der Waals surface area contributed by atoms with E-state index in [1.807, 2.05) is 31.2 Å². The standard InChI is InChI=1S/C14H22N2O2/c1-3-8-15-10-12-6-5-7-13(9-12)18-11-14(17)16-4-2/h5-7,9,15H,3-4,8,10-11H2,1-2H3,(H,16,17). The molecule has 2 N–H and O–H groups in total. The van der Waals surface area contributed by atoms with Crippen molar-refractivity contribution in [3.05, 3.63) is 29.8 Å². The van der Waals surface area contributed by atoms with Crippen LogP contribution in [0.1, 0.15) is 25.8 Å². The Hall–Kier alpha value is -1.55. The van der Waals surface area contributed by atoms with E-state index in [2.05, 4.69) is 17.6 Å². The molecule has 0 aliphatic rings. The SMILES string of the molecule is CCCNCc1cccc(OCC(=O)NCC)c1. The van der Waals surface area contributed by atoms with Crippen molar-refractivity contribution in [2.75, 3.05) is 19.7 Å². The summed E-state index contributed by atoms with van der Waals surface area (Å²) < 4.78 is 5.43. The summed E-state index contributed by atoms with van der Waals surface area (Å²) in [4.78, 5) is 11.3. The highest BCUT2D eigenvalue weighted by Gasteiger charge is 2.01. The molecule has 0 radical (unpaired) electrons. The maximum atomic E-state index is 11.3. The third-order valence-electron chi connectivity index (χ3n) is 2.40. The fourth-order valence-electron chi connectivity index (χ4n) is 1.55. The maximum absolute atomic E-state index is 11.3. The molecule has 0 aliphatic heterocycles. The van der Waals surface area contributed by atoms with Crippen LogP contribution in [0.2, 0.25) is 0 Å². The van der Waals surface area contributed by atoms with E-state index >= 15 is 0 Å². The molecule has 0 aliphatic carbocycles. The van der Waals surface area contributed by atoms with Crippen LogP contribution in [-0.2, 0) is 11.3 Å². The lowest BCUT2D eigenvalue weighted by atomic mass is 10.2. The van der Waals surface area contributed by atoms with Gasteiger partial charge in [0.1, 0.15) is 5.75 Å². The number of hydrogen-bond acceptors (Lipinski definition) is 3. The molecule has 1 aromatic carbocycles. The summed E-state index contributed by atoms with van der Waals surface area (Å²) in [7, 11) is 0. The quantitative estimate of drug-likeness (QED) is 0.690. The van der Waals surface area contributed by atoms with Crippen molar-refractivity contribution >= 4 is 5.91 Å². The van der Waals surface area contributed by atoms with E-state index in [0.717, 1.165) is 30.8 Å². The molecule has 0 heterocycles. The summed E-state index contributed by atoms with van der Waals surface area (Å²) >= 11 is 0. The van der Waals surface area contributed by atoms with E-state index in [1.54, 1.807) is 0 Å². The molecule has 1 rings (SSSR count). The molecule has 100 valence electrons. The van der Waals surface area contributed by atoms with Crippen molar-refractivity contribution < 1.29 is 9.53 Å². The number of carbonyl (C=O) groups is 1. The van der Waals surface area contributed by atoms with E-state index in [1.165, 1.54) is 0 Å². The summed E-state index contributed by atoms with van der Waals surface area (Å²) in [6, 6.07) is 7.81. The van der Waals surface area contributed by atoms with Crippen molar-refractivity contribution in [1.29, 1.82) is 0 Å². The minimum absolute atomic E-state index is 0.0691. The summed E-state index contributed by atoms with van der Waals surface area (Å²) in [5.74, 6) is 0.643. The third-order valence-corrected chi connectivity index (χ3v) is 2.40. The van der Waals surface area contributed by atoms with Crippen LogP contribution >= 0.6 is 0 Å². The zero-order chi connectivity index (χ0) is 13.2. The van der Waals surface area contributed by atoms with Gasteiger partial charge in [-0.3, -0.25) is 4.79 Å². The number of carbonyl (C=O) groups excluding carboxylic acids is 1. The van der Waals surface area contributed by atoms with Crippen molar-refractivity contribution in [3.63, 3.8) is 0 Å². The number of amides is 1. The lowest BCUT2D eigenvalue weighted by Crippen LogP contribution is -2.28. The minimum atomic E-state index is -0.0907. The summed E-state index contributed by atoms with van der Waals surface area (Å²) in [6.45, 7) is 6.55. The van der Waals surface area contributed by atoms with Crippen molar-refractivity contribution in [2.24, 2.45) is 0 Å². The lowest BCUT2D eigenvalue weighted by molar-refractivity contribution is -0.122. The number of nitrogens with one attached hydrogen (secondary N) is 2. The highest BCUT2D eigenvalue weighted by molar-refractivity contribution is 5.77. The molecule has 0 saturated carbocycles. The predicted octanol–water partition coefficient (Wildman–Crippen LogP) is 1.70. The highest BCUT2D eigenvalue weighted by Crippen LogP contribution is 2.13. The largest absolute Gasteiger partial charge is 0.484 e. The first-order chi connectivity index (χ1) is 8.76. The van der Waals surface area contributed by atoms with Gasteiger partial charge in [-0.05, 0) is 37.6 Å². The predicted molar refractivity (Wildman–Crippen MR) is 72.6 cm³/mol. The van der Waals surface area contributed by atoms with Gasteiger partial charge in [-0.2, -0.15) is 0 Å². The topological polar surface area (TPSA) is 50.4 Å². The van der Waals surface area contributed by atoms with Gasteiger partial charge in [-0.15, -0.1) is 0 Å². The molecule has 0 saturated heterocycles. The second-order valence-electron chi connectivity index (χ2n) is 4.07. The molecular formula is C14H22N2O2. The van der Waals surface area contributed by atoms with Gasteiger partial charge in [0.15, 0.2) is 6.61 Å². The van der Waals surface area contributed by atoms with Crippen LogP contribution in [0.3, 0.4) is 0 Å². The Balaban J connectivity index is 2.41. The van der Waals surface area contributed by atoms with Gasteiger partial charge < -0.3 is 15.4 Å². The number of hydrogen-bond donors (Lipinski definition) is 2. The molecule has 1 amide bonds. The Labute approximate surface area is 109 Å². The van der Waals surface area contributed by atoms with Gasteiger partial charge in [0.05, 0.1) is 0 Å². The van der Waals surface area contributed by atoms with Gasteiger partial charge in [-0.25, -0.2) is 0 Å². The number of likely N-dealkylation sites (N-methyl/N-ethyl adjacent to an activating group) is 1. The van der Waals surface area contributed by atoms with Gasteiger partial charge in [0.25, 0.3) is 5.91 Å². The number of rotatable bonds is 8. The Kier molecular flexibility index (Phi) is 6.87. The fraction of sp³-hybridized carbons (Fsp3) is 0.500. The van der Waals surface area contributed by atoms with E-state index in [-0.39, 0.29) is 12.5 Å². The number of ether oxygens (including phenoxy) is 1. The van der Waals surface area contributed by atoms with Gasteiger partial charge in [0.2, 0.25) is 0 Å². The first kappa shape index (κ1) is 14.5. The van der Waals surface area contributed by atoms with Crippen molar-refractivity contribution in [2.45, 2.75) is 26.8 Å². The van der Waals surface area contributed by atoms with Crippen LogP contribution in [0.15, 0.2) is 24.3 Å². The zero-order valence-electron chi connectivity index (χ0n) is 11.2. The second-order valence-corrected chi connectivity index (χ2v) is 4.07. The normalized spacial score (nSPS) is 10.1. The highest BCUT2D eigenvalue weighted by atomic mass is 16.5. The van der Waals surface area contributed by atoms with E-state index in [0.29, 0.717) is 6.54 Å². The van der Waals surface area contributed by atoms with Crippen LogP contribution in [0.5, 0.6) is 5.75 Å². The van der Waals surface area contributed by atoms with E-state index in [9.17, 15) is 4.79 Å². The second kappa shape index (κ2) is 8.53. The smallest absolute Gasteiger partial charge is 0.257 e. The van der Waals surface area contributed by atoms with Crippen LogP contribution < -0.4 is 15.4 Å². The first-order valence-corrected chi connectivity index (χ1v) is 6.45. The molecule has 4 nitrogen and oxygen atoms in total. The van der Waals surface area contributed by atoms with Crippen LogP contribution in [0.4, 0.5) is 0 Å². The Morgan fingerprint density at radius 1 is 1.33 bits per heavy atom. The maximum Gasteiger partial charge on any atom is 0.257 e. The molecule has 4 heteroatoms. The minimum Gasteiger partial charge on any atom is -0.484 e. The molecule has 0 fully saturated rings. The number of benzene rings is 1. The molecule has 0 aromatic heterocycles. The molecule has 0 bridgehead atoms. The summed E-state index contributed by atoms with van der Waals surface area (Å²) in [5, 5.41) is 6.02. The Morgan fingerprint density at radius 3 is 2.89 bits per heavy atom. The molecular weight excluding hydrogens is 228 g/mol. The average molecular weight is 250 g/mol. The van der Waals surface area contributed by atoms with Crippen molar-refractivity contribution in [3.8, 4) is 5.75 Å². The zero-order valence-corrected chi connectivity index (χ0v) is 11.2. The lowest BCUT2D eigenvalue weighted by Gasteiger charge is -2.08. The first-order valence-electron chi connectivity index (χ1n) is 6.45. The van der Waals surface area contributed by atoms with Crippen molar-refractivity contribution in [1.82, 2.24) is 10.6 Å². The van der Waals surface area contributed by atoms with Gasteiger partial charge in [-0.1, -0.05) is 19.1 Å². The molecule has 0 spiro atoms. The van der Waals surface area contributed by atoms with Gasteiger partial charge in [0, 0.05) is 13.1 Å². The van der Waals surface area contributed by atoms with E-state index in [4.69, 9.17) is 4.74 Å². The molecule has 1 aromatic rings. The monoisotopic (exact) mass is 250 g/mol. The average Bonchev–Trinajstić information content (AvgIpc) is 2.38. The molecule has 0 unspecified atom stereocenters. The molecule has 18 heavy (non-hydrogen) atoms. The Bertz CT molecular complexity index is 367. The van der Waals surface area contributed by atoms with Crippen LogP contribution in [-0.4, -0.2) is 25.6 Å². The Morgan fingerprint density at radius 2 is 2.17 bits per heavy atom.